The number of nitro groups is 1. The van der Waals surface area contributed by atoms with Crippen LogP contribution in [0.1, 0.15) is 11.1 Å². The molecule has 0 spiro atoms. The number of benzene rings is 2. The van der Waals surface area contributed by atoms with E-state index in [0.717, 1.165) is 23.4 Å². The number of rotatable bonds is 7. The van der Waals surface area contributed by atoms with Crippen LogP contribution in [0.15, 0.2) is 42.5 Å². The van der Waals surface area contributed by atoms with Gasteiger partial charge in [0.2, 0.25) is 5.91 Å². The molecule has 32 heavy (non-hydrogen) atoms. The summed E-state index contributed by atoms with van der Waals surface area (Å²) < 4.78 is 18.3. The first-order valence-electron chi connectivity index (χ1n) is 10.7. The Hall–Kier alpha value is -3.04. The van der Waals surface area contributed by atoms with Crippen molar-refractivity contribution in [2.24, 2.45) is 5.92 Å². The number of halogens is 1. The van der Waals surface area contributed by atoms with E-state index < -0.39 is 4.92 Å². The number of nitrogens with one attached hydrogen (secondary N) is 1. The van der Waals surface area contributed by atoms with Crippen LogP contribution in [0, 0.1) is 21.8 Å². The molecule has 1 fully saturated rings. The van der Waals surface area contributed by atoms with Crippen molar-refractivity contribution in [2.45, 2.75) is 19.0 Å². The minimum Gasteiger partial charge on any atom is -0.383 e. The number of amides is 1. The molecule has 0 radical (unpaired) electrons. The molecule has 0 saturated carbocycles. The van der Waals surface area contributed by atoms with Gasteiger partial charge in [0.25, 0.3) is 5.69 Å². The molecule has 2 atom stereocenters. The van der Waals surface area contributed by atoms with Crippen LogP contribution < -0.4 is 10.2 Å². The van der Waals surface area contributed by atoms with Gasteiger partial charge in [-0.05, 0) is 35.7 Å². The lowest BCUT2D eigenvalue weighted by Gasteiger charge is -2.49. The van der Waals surface area contributed by atoms with Crippen LogP contribution in [0.5, 0.6) is 0 Å². The van der Waals surface area contributed by atoms with Crippen LogP contribution in [-0.4, -0.2) is 61.7 Å². The predicted octanol–water partition coefficient (Wildman–Crippen LogP) is 2.36. The number of non-ortho nitro benzene ring substituents is 1. The molecule has 1 amide bonds. The molecule has 0 bridgehead atoms. The molecule has 170 valence electrons. The van der Waals surface area contributed by atoms with Gasteiger partial charge in [0.15, 0.2) is 0 Å². The summed E-state index contributed by atoms with van der Waals surface area (Å²) in [5, 5.41) is 14.2. The molecule has 4 rings (SSSR count). The number of hydrogen-bond acceptors (Lipinski definition) is 6. The zero-order valence-corrected chi connectivity index (χ0v) is 18.0. The molecule has 8 nitrogen and oxygen atoms in total. The maximum Gasteiger partial charge on any atom is 0.269 e. The standard InChI is InChI=1S/C23H27FN4O4/c1-32-11-8-25-23(29)20-13-17-12-19(28(30)31)6-7-21(17)27-10-9-26(15-22(20)27)14-16-2-4-18(24)5-3-16/h2-7,12,20,22H,8-11,13-15H2,1H3,(H,25,29)/t20-,22-/m1/s1. The Balaban J connectivity index is 1.57. The van der Waals surface area contributed by atoms with Crippen molar-refractivity contribution in [1.82, 2.24) is 10.2 Å². The number of hydrogen-bond donors (Lipinski definition) is 1. The molecule has 1 saturated heterocycles. The third-order valence-electron chi connectivity index (χ3n) is 6.25. The Kier molecular flexibility index (Phi) is 6.66. The van der Waals surface area contributed by atoms with Gasteiger partial charge in [-0.25, -0.2) is 4.39 Å². The number of methoxy groups -OCH3 is 1. The van der Waals surface area contributed by atoms with Crippen LogP contribution in [0.2, 0.25) is 0 Å². The fourth-order valence-corrected chi connectivity index (χ4v) is 4.68. The minimum atomic E-state index is -0.402. The Morgan fingerprint density at radius 2 is 2.03 bits per heavy atom. The summed E-state index contributed by atoms with van der Waals surface area (Å²) in [5.41, 5.74) is 2.85. The number of nitrogens with zero attached hydrogens (tertiary/aromatic N) is 3. The first-order valence-corrected chi connectivity index (χ1v) is 10.7. The fraction of sp³-hybridized carbons (Fsp3) is 0.435. The van der Waals surface area contributed by atoms with E-state index in [0.29, 0.717) is 39.2 Å². The van der Waals surface area contributed by atoms with Gasteiger partial charge in [-0.2, -0.15) is 0 Å². The number of fused-ring (bicyclic) bond motifs is 3. The Bertz CT molecular complexity index is 984. The Morgan fingerprint density at radius 1 is 1.25 bits per heavy atom. The van der Waals surface area contributed by atoms with Gasteiger partial charge in [-0.1, -0.05) is 12.1 Å². The van der Waals surface area contributed by atoms with Gasteiger partial charge in [-0.15, -0.1) is 0 Å². The van der Waals surface area contributed by atoms with Gasteiger partial charge < -0.3 is 15.0 Å². The van der Waals surface area contributed by atoms with Crippen molar-refractivity contribution in [3.05, 3.63) is 69.5 Å². The van der Waals surface area contributed by atoms with Crippen molar-refractivity contribution in [2.75, 3.05) is 44.8 Å². The van der Waals surface area contributed by atoms with Crippen molar-refractivity contribution in [3.63, 3.8) is 0 Å². The first kappa shape index (κ1) is 22.2. The average molecular weight is 442 g/mol. The lowest BCUT2D eigenvalue weighted by Crippen LogP contribution is -2.61. The SMILES string of the molecule is COCCNC(=O)[C@@H]1Cc2cc([N+](=O)[O-])ccc2N2CCN(Cc3ccc(F)cc3)C[C@H]12. The van der Waals surface area contributed by atoms with Gasteiger partial charge in [-0.3, -0.25) is 19.8 Å². The molecule has 2 aliphatic rings. The summed E-state index contributed by atoms with van der Waals surface area (Å²) in [6.07, 6.45) is 0.446. The number of piperazine rings is 1. The number of nitro benzene ring substituents is 1. The van der Waals surface area contributed by atoms with Gasteiger partial charge >= 0.3 is 0 Å². The second kappa shape index (κ2) is 9.62. The van der Waals surface area contributed by atoms with Gasteiger partial charge in [0.05, 0.1) is 23.5 Å². The van der Waals surface area contributed by atoms with E-state index in [1.54, 1.807) is 31.4 Å². The molecule has 0 aliphatic carbocycles. The molecular formula is C23H27FN4O4. The van der Waals surface area contributed by atoms with Crippen LogP contribution in [-0.2, 0) is 22.5 Å². The molecule has 0 unspecified atom stereocenters. The van der Waals surface area contributed by atoms with E-state index in [1.165, 1.54) is 18.2 Å². The molecule has 9 heteroatoms. The molecule has 1 N–H and O–H groups in total. The monoisotopic (exact) mass is 442 g/mol. The fourth-order valence-electron chi connectivity index (χ4n) is 4.68. The lowest BCUT2D eigenvalue weighted by atomic mass is 9.83. The van der Waals surface area contributed by atoms with Crippen molar-refractivity contribution in [1.29, 1.82) is 0 Å². The van der Waals surface area contributed by atoms with E-state index in [4.69, 9.17) is 4.74 Å². The average Bonchev–Trinajstić information content (AvgIpc) is 2.79. The van der Waals surface area contributed by atoms with Crippen LogP contribution >= 0.6 is 0 Å². The van der Waals surface area contributed by atoms with E-state index >= 15 is 0 Å². The number of carbonyl (C=O) groups excluding carboxylic acids is 1. The van der Waals surface area contributed by atoms with Crippen LogP contribution in [0.25, 0.3) is 0 Å². The van der Waals surface area contributed by atoms with E-state index in [2.05, 4.69) is 15.1 Å². The first-order chi connectivity index (χ1) is 15.5. The Labute approximate surface area is 186 Å². The minimum absolute atomic E-state index is 0.0377. The zero-order chi connectivity index (χ0) is 22.7. The van der Waals surface area contributed by atoms with Crippen LogP contribution in [0.3, 0.4) is 0 Å². The molecule has 2 aromatic carbocycles. The number of ether oxygens (including phenoxy) is 1. The molecule has 2 aromatic rings. The van der Waals surface area contributed by atoms with E-state index in [9.17, 15) is 19.3 Å². The maximum absolute atomic E-state index is 13.3. The topological polar surface area (TPSA) is 87.9 Å². The summed E-state index contributed by atoms with van der Waals surface area (Å²) in [7, 11) is 1.58. The summed E-state index contributed by atoms with van der Waals surface area (Å²) in [6, 6.07) is 11.3. The second-order valence-corrected chi connectivity index (χ2v) is 8.29. The number of carbonyl (C=O) groups is 1. The van der Waals surface area contributed by atoms with E-state index in [1.807, 2.05) is 0 Å². The van der Waals surface area contributed by atoms with Gasteiger partial charge in [0, 0.05) is 57.7 Å². The maximum atomic E-state index is 13.3. The highest BCUT2D eigenvalue weighted by molar-refractivity contribution is 5.82. The molecule has 2 aliphatic heterocycles. The lowest BCUT2D eigenvalue weighted by molar-refractivity contribution is -0.384. The summed E-state index contributed by atoms with van der Waals surface area (Å²) >= 11 is 0. The second-order valence-electron chi connectivity index (χ2n) is 8.29. The highest BCUT2D eigenvalue weighted by Crippen LogP contribution is 2.38. The molecule has 2 heterocycles. The summed E-state index contributed by atoms with van der Waals surface area (Å²) in [6.45, 7) is 3.68. The van der Waals surface area contributed by atoms with Crippen molar-refractivity contribution in [3.8, 4) is 0 Å². The predicted molar refractivity (Wildman–Crippen MR) is 118 cm³/mol. The molecular weight excluding hydrogens is 415 g/mol. The normalized spacial score (nSPS) is 20.4. The van der Waals surface area contributed by atoms with Crippen molar-refractivity contribution >= 4 is 17.3 Å². The highest BCUT2D eigenvalue weighted by atomic mass is 19.1. The third kappa shape index (κ3) is 4.73. The van der Waals surface area contributed by atoms with Crippen molar-refractivity contribution < 1.29 is 18.8 Å². The van der Waals surface area contributed by atoms with E-state index in [-0.39, 0.29) is 29.4 Å². The Morgan fingerprint density at radius 3 is 2.75 bits per heavy atom. The third-order valence-corrected chi connectivity index (χ3v) is 6.25. The quantitative estimate of drug-likeness (QED) is 0.402. The summed E-state index contributed by atoms with van der Waals surface area (Å²) in [5.74, 6) is -0.667. The van der Waals surface area contributed by atoms with Crippen LogP contribution in [0.4, 0.5) is 15.8 Å². The largest absolute Gasteiger partial charge is 0.383 e. The highest BCUT2D eigenvalue weighted by Gasteiger charge is 2.41. The smallest absolute Gasteiger partial charge is 0.269 e. The zero-order valence-electron chi connectivity index (χ0n) is 18.0. The van der Waals surface area contributed by atoms with Gasteiger partial charge in [0.1, 0.15) is 5.82 Å². The molecule has 0 aromatic heterocycles. The summed E-state index contributed by atoms with van der Waals surface area (Å²) in [4.78, 5) is 28.4. The number of anilines is 1.